The Morgan fingerprint density at radius 2 is 2.00 bits per heavy atom. The summed E-state index contributed by atoms with van der Waals surface area (Å²) in [5.74, 6) is 1.45. The molecule has 0 aromatic heterocycles. The number of anilines is 1. The van der Waals surface area contributed by atoms with E-state index in [1.807, 2.05) is 0 Å². The molecule has 2 nitrogen and oxygen atoms in total. The molecule has 1 aliphatic rings. The molecule has 2 N–H and O–H groups in total. The van der Waals surface area contributed by atoms with Gasteiger partial charge in [-0.05, 0) is 30.5 Å². The van der Waals surface area contributed by atoms with Gasteiger partial charge in [-0.2, -0.15) is 0 Å². The van der Waals surface area contributed by atoms with E-state index < -0.39 is 0 Å². The van der Waals surface area contributed by atoms with Gasteiger partial charge in [-0.1, -0.05) is 44.9 Å². The van der Waals surface area contributed by atoms with Crippen LogP contribution >= 0.6 is 0 Å². The number of benzene rings is 1. The van der Waals surface area contributed by atoms with Crippen molar-refractivity contribution in [2.24, 2.45) is 11.7 Å². The van der Waals surface area contributed by atoms with E-state index in [0.717, 1.165) is 25.4 Å². The van der Waals surface area contributed by atoms with E-state index in [0.29, 0.717) is 5.92 Å². The van der Waals surface area contributed by atoms with Crippen molar-refractivity contribution in [3.05, 3.63) is 29.8 Å². The smallest absolute Gasteiger partial charge is 0.0402 e. The molecular formula is C16H26N2. The van der Waals surface area contributed by atoms with Gasteiger partial charge in [-0.3, -0.25) is 0 Å². The molecule has 2 rings (SSSR count). The number of hydrogen-bond donors (Lipinski definition) is 1. The minimum absolute atomic E-state index is 0.639. The lowest BCUT2D eigenvalue weighted by atomic mass is 9.98. The van der Waals surface area contributed by atoms with Gasteiger partial charge in [0.15, 0.2) is 0 Å². The minimum atomic E-state index is 0.639. The molecule has 1 unspecified atom stereocenters. The lowest BCUT2D eigenvalue weighted by Crippen LogP contribution is -2.28. The summed E-state index contributed by atoms with van der Waals surface area (Å²) < 4.78 is 0. The highest BCUT2D eigenvalue weighted by atomic mass is 15.2. The molecular weight excluding hydrogens is 220 g/mol. The normalized spacial score (nSPS) is 18.4. The summed E-state index contributed by atoms with van der Waals surface area (Å²) in [5.41, 5.74) is 8.70. The molecule has 0 radical (unpaired) electrons. The fourth-order valence-corrected chi connectivity index (χ4v) is 3.06. The van der Waals surface area contributed by atoms with E-state index in [-0.39, 0.29) is 0 Å². The number of rotatable bonds is 6. The third kappa shape index (κ3) is 2.69. The van der Waals surface area contributed by atoms with Crippen LogP contribution in [-0.2, 0) is 0 Å². The molecule has 0 bridgehead atoms. The van der Waals surface area contributed by atoms with Crippen LogP contribution in [0.4, 0.5) is 5.69 Å². The molecule has 0 saturated heterocycles. The van der Waals surface area contributed by atoms with E-state index in [1.165, 1.54) is 30.6 Å². The van der Waals surface area contributed by atoms with E-state index in [9.17, 15) is 0 Å². The Morgan fingerprint density at radius 3 is 2.67 bits per heavy atom. The van der Waals surface area contributed by atoms with Gasteiger partial charge >= 0.3 is 0 Å². The van der Waals surface area contributed by atoms with E-state index in [1.54, 1.807) is 0 Å². The molecule has 18 heavy (non-hydrogen) atoms. The second kappa shape index (κ2) is 6.24. The number of nitrogens with zero attached hydrogens (tertiary/aromatic N) is 1. The Balaban J connectivity index is 2.14. The molecule has 100 valence electrons. The SMILES string of the molecule is CCC(CC)CN1CC(CCN)c2ccccc21. The third-order valence-corrected chi connectivity index (χ3v) is 4.31. The lowest BCUT2D eigenvalue weighted by Gasteiger charge is -2.25. The van der Waals surface area contributed by atoms with Gasteiger partial charge in [0.25, 0.3) is 0 Å². The Kier molecular flexibility index (Phi) is 4.65. The Bertz CT molecular complexity index is 371. The van der Waals surface area contributed by atoms with Crippen molar-refractivity contribution in [1.29, 1.82) is 0 Å². The standard InChI is InChI=1S/C16H26N2/c1-3-13(4-2)11-18-12-14(9-10-17)15-7-5-6-8-16(15)18/h5-8,13-14H,3-4,9-12,17H2,1-2H3. The van der Waals surface area contributed by atoms with E-state index >= 15 is 0 Å². The van der Waals surface area contributed by atoms with Crippen molar-refractivity contribution >= 4 is 5.69 Å². The summed E-state index contributed by atoms with van der Waals surface area (Å²) in [6.45, 7) is 7.75. The van der Waals surface area contributed by atoms with Gasteiger partial charge in [0.05, 0.1) is 0 Å². The van der Waals surface area contributed by atoms with Crippen molar-refractivity contribution in [3.63, 3.8) is 0 Å². The number of para-hydroxylation sites is 1. The summed E-state index contributed by atoms with van der Waals surface area (Å²) in [5, 5.41) is 0. The van der Waals surface area contributed by atoms with Gasteiger partial charge < -0.3 is 10.6 Å². The molecule has 0 spiro atoms. The summed E-state index contributed by atoms with van der Waals surface area (Å²) in [6, 6.07) is 8.86. The third-order valence-electron chi connectivity index (χ3n) is 4.31. The van der Waals surface area contributed by atoms with Crippen LogP contribution in [0.5, 0.6) is 0 Å². The highest BCUT2D eigenvalue weighted by Gasteiger charge is 2.28. The number of nitrogens with two attached hydrogens (primary N) is 1. The first-order chi connectivity index (χ1) is 8.80. The highest BCUT2D eigenvalue weighted by Crippen LogP contribution is 2.38. The zero-order chi connectivity index (χ0) is 13.0. The van der Waals surface area contributed by atoms with Crippen molar-refractivity contribution < 1.29 is 0 Å². The van der Waals surface area contributed by atoms with Crippen molar-refractivity contribution in [1.82, 2.24) is 0 Å². The first-order valence-corrected chi connectivity index (χ1v) is 7.34. The van der Waals surface area contributed by atoms with Crippen LogP contribution in [0.15, 0.2) is 24.3 Å². The van der Waals surface area contributed by atoms with Crippen LogP contribution in [0.3, 0.4) is 0 Å². The Hall–Kier alpha value is -1.02. The van der Waals surface area contributed by atoms with Crippen LogP contribution in [0.1, 0.15) is 44.6 Å². The van der Waals surface area contributed by atoms with Gasteiger partial charge in [-0.15, -0.1) is 0 Å². The molecule has 0 aliphatic carbocycles. The monoisotopic (exact) mass is 246 g/mol. The van der Waals surface area contributed by atoms with Crippen molar-refractivity contribution in [2.45, 2.75) is 39.0 Å². The quantitative estimate of drug-likeness (QED) is 0.834. The molecule has 2 heteroatoms. The van der Waals surface area contributed by atoms with E-state index in [4.69, 9.17) is 5.73 Å². The fourth-order valence-electron chi connectivity index (χ4n) is 3.06. The zero-order valence-electron chi connectivity index (χ0n) is 11.7. The molecule has 1 aromatic rings. The highest BCUT2D eigenvalue weighted by molar-refractivity contribution is 5.60. The second-order valence-electron chi connectivity index (χ2n) is 5.42. The molecule has 0 fully saturated rings. The fraction of sp³-hybridized carbons (Fsp3) is 0.625. The van der Waals surface area contributed by atoms with Crippen LogP contribution < -0.4 is 10.6 Å². The maximum Gasteiger partial charge on any atom is 0.0402 e. The van der Waals surface area contributed by atoms with Gasteiger partial charge in [-0.25, -0.2) is 0 Å². The predicted molar refractivity (Wildman–Crippen MR) is 79.1 cm³/mol. The summed E-state index contributed by atoms with van der Waals surface area (Å²) in [7, 11) is 0. The van der Waals surface area contributed by atoms with Crippen LogP contribution in [0.25, 0.3) is 0 Å². The number of fused-ring (bicyclic) bond motifs is 1. The van der Waals surface area contributed by atoms with Crippen LogP contribution in [-0.4, -0.2) is 19.6 Å². The van der Waals surface area contributed by atoms with Crippen LogP contribution in [0.2, 0.25) is 0 Å². The molecule has 1 heterocycles. The average Bonchev–Trinajstić information content (AvgIpc) is 2.75. The first-order valence-electron chi connectivity index (χ1n) is 7.34. The summed E-state index contributed by atoms with van der Waals surface area (Å²) >= 11 is 0. The van der Waals surface area contributed by atoms with Gasteiger partial charge in [0.2, 0.25) is 0 Å². The van der Waals surface area contributed by atoms with E-state index in [2.05, 4.69) is 43.0 Å². The molecule has 0 saturated carbocycles. The van der Waals surface area contributed by atoms with Gasteiger partial charge in [0, 0.05) is 24.7 Å². The van der Waals surface area contributed by atoms with Gasteiger partial charge in [0.1, 0.15) is 0 Å². The maximum absolute atomic E-state index is 5.75. The minimum Gasteiger partial charge on any atom is -0.370 e. The zero-order valence-corrected chi connectivity index (χ0v) is 11.7. The maximum atomic E-state index is 5.75. The predicted octanol–water partition coefficient (Wildman–Crippen LogP) is 3.38. The van der Waals surface area contributed by atoms with Crippen LogP contribution in [0, 0.1) is 5.92 Å². The number of hydrogen-bond acceptors (Lipinski definition) is 2. The largest absolute Gasteiger partial charge is 0.370 e. The van der Waals surface area contributed by atoms with Crippen molar-refractivity contribution in [2.75, 3.05) is 24.5 Å². The second-order valence-corrected chi connectivity index (χ2v) is 5.42. The topological polar surface area (TPSA) is 29.3 Å². The first kappa shape index (κ1) is 13.4. The average molecular weight is 246 g/mol. The molecule has 1 atom stereocenters. The molecule has 0 amide bonds. The molecule has 1 aromatic carbocycles. The Labute approximate surface area is 111 Å². The lowest BCUT2D eigenvalue weighted by molar-refractivity contribution is 0.480. The summed E-state index contributed by atoms with van der Waals surface area (Å²) in [6.07, 6.45) is 3.66. The Morgan fingerprint density at radius 1 is 1.28 bits per heavy atom. The molecule has 1 aliphatic heterocycles. The van der Waals surface area contributed by atoms with Crippen molar-refractivity contribution in [3.8, 4) is 0 Å². The summed E-state index contributed by atoms with van der Waals surface area (Å²) in [4.78, 5) is 2.58.